The van der Waals surface area contributed by atoms with Crippen LogP contribution in [0.3, 0.4) is 0 Å². The molecule has 2 atom stereocenters. The van der Waals surface area contributed by atoms with Crippen LogP contribution in [0.1, 0.15) is 41.0 Å². The maximum atomic E-state index is 11.7. The number of carbonyl (C=O) groups is 1. The fourth-order valence-corrected chi connectivity index (χ4v) is 1.81. The van der Waals surface area contributed by atoms with E-state index in [0.717, 1.165) is 13.0 Å². The Morgan fingerprint density at radius 1 is 1.33 bits per heavy atom. The molecule has 0 aromatic rings. The quantitative estimate of drug-likeness (QED) is 0.739. The van der Waals surface area contributed by atoms with Gasteiger partial charge in [0, 0.05) is 12.6 Å². The highest BCUT2D eigenvalue weighted by Gasteiger charge is 2.33. The van der Waals surface area contributed by atoms with Gasteiger partial charge in [0.05, 0.1) is 7.11 Å². The fourth-order valence-electron chi connectivity index (χ4n) is 1.81. The molecule has 108 valence electrons. The van der Waals surface area contributed by atoms with Crippen molar-refractivity contribution in [3.63, 3.8) is 0 Å². The molecule has 0 bridgehead atoms. The van der Waals surface area contributed by atoms with Gasteiger partial charge in [0.2, 0.25) is 0 Å². The van der Waals surface area contributed by atoms with E-state index < -0.39 is 5.54 Å². The van der Waals surface area contributed by atoms with E-state index in [1.54, 1.807) is 7.05 Å². The molecule has 0 rings (SSSR count). The zero-order chi connectivity index (χ0) is 14.6. The molecule has 0 fully saturated rings. The third-order valence-corrected chi connectivity index (χ3v) is 4.07. The molecular formula is C14H30N2O2. The molecule has 1 N–H and O–H groups in total. The largest absolute Gasteiger partial charge is 0.468 e. The summed E-state index contributed by atoms with van der Waals surface area (Å²) in [4.78, 5) is 14.0. The summed E-state index contributed by atoms with van der Waals surface area (Å²) in [6.07, 6.45) is 0.729. The average molecular weight is 258 g/mol. The highest BCUT2D eigenvalue weighted by molar-refractivity contribution is 5.80. The second-order valence-electron chi connectivity index (χ2n) is 6.35. The second kappa shape index (κ2) is 6.53. The van der Waals surface area contributed by atoms with E-state index in [9.17, 15) is 4.79 Å². The standard InChI is InChI=1S/C14H30N2O2/c1-11(13(2,3)4)16(7)10-9-14(5,15-6)12(17)18-8/h11,15H,9-10H2,1-8H3. The smallest absolute Gasteiger partial charge is 0.325 e. The number of esters is 1. The van der Waals surface area contributed by atoms with Gasteiger partial charge in [0.15, 0.2) is 0 Å². The lowest BCUT2D eigenvalue weighted by molar-refractivity contribution is -0.148. The van der Waals surface area contributed by atoms with Crippen LogP contribution in [0.2, 0.25) is 0 Å². The summed E-state index contributed by atoms with van der Waals surface area (Å²) in [5, 5.41) is 3.06. The Bertz CT molecular complexity index is 273. The van der Waals surface area contributed by atoms with Crippen molar-refractivity contribution in [3.05, 3.63) is 0 Å². The summed E-state index contributed by atoms with van der Waals surface area (Å²) in [6, 6.07) is 0.455. The Morgan fingerprint density at radius 2 is 1.83 bits per heavy atom. The molecule has 0 aliphatic heterocycles. The van der Waals surface area contributed by atoms with Crippen LogP contribution < -0.4 is 5.32 Å². The number of nitrogens with zero attached hydrogens (tertiary/aromatic N) is 1. The lowest BCUT2D eigenvalue weighted by Gasteiger charge is -2.37. The Labute approximate surface area is 112 Å². The van der Waals surface area contributed by atoms with Gasteiger partial charge in [-0.15, -0.1) is 0 Å². The first-order chi connectivity index (χ1) is 8.08. The first-order valence-electron chi connectivity index (χ1n) is 6.56. The van der Waals surface area contributed by atoms with Gasteiger partial charge in [-0.25, -0.2) is 0 Å². The Kier molecular flexibility index (Phi) is 6.30. The van der Waals surface area contributed by atoms with E-state index in [1.807, 2.05) is 6.92 Å². The summed E-state index contributed by atoms with van der Waals surface area (Å²) in [5.74, 6) is -0.207. The van der Waals surface area contributed by atoms with E-state index in [4.69, 9.17) is 4.74 Å². The van der Waals surface area contributed by atoms with Crippen LogP contribution in [0.15, 0.2) is 0 Å². The van der Waals surface area contributed by atoms with Crippen molar-refractivity contribution < 1.29 is 9.53 Å². The van der Waals surface area contributed by atoms with Gasteiger partial charge in [0.1, 0.15) is 5.54 Å². The first kappa shape index (κ1) is 17.4. The molecule has 2 unspecified atom stereocenters. The minimum Gasteiger partial charge on any atom is -0.468 e. The molecule has 0 radical (unpaired) electrons. The SMILES string of the molecule is CNC(C)(CCN(C)C(C)C(C)(C)C)C(=O)OC. The van der Waals surface area contributed by atoms with Crippen molar-refractivity contribution in [2.24, 2.45) is 5.41 Å². The van der Waals surface area contributed by atoms with Gasteiger partial charge < -0.3 is 15.0 Å². The van der Waals surface area contributed by atoms with E-state index in [1.165, 1.54) is 7.11 Å². The molecule has 0 aliphatic rings. The van der Waals surface area contributed by atoms with Gasteiger partial charge in [-0.1, -0.05) is 20.8 Å². The molecule has 18 heavy (non-hydrogen) atoms. The predicted molar refractivity (Wildman–Crippen MR) is 75.6 cm³/mol. The molecule has 0 saturated carbocycles. The maximum Gasteiger partial charge on any atom is 0.325 e. The minimum absolute atomic E-state index is 0.207. The van der Waals surface area contributed by atoms with Crippen LogP contribution in [-0.4, -0.2) is 50.2 Å². The maximum absolute atomic E-state index is 11.7. The third kappa shape index (κ3) is 4.58. The number of nitrogens with one attached hydrogen (secondary N) is 1. The van der Waals surface area contributed by atoms with Gasteiger partial charge >= 0.3 is 5.97 Å². The van der Waals surface area contributed by atoms with Crippen molar-refractivity contribution in [1.82, 2.24) is 10.2 Å². The molecule has 0 saturated heterocycles. The molecule has 0 aliphatic carbocycles. The van der Waals surface area contributed by atoms with Crippen LogP contribution in [0, 0.1) is 5.41 Å². The number of hydrogen-bond donors (Lipinski definition) is 1. The van der Waals surface area contributed by atoms with Crippen LogP contribution in [0.5, 0.6) is 0 Å². The predicted octanol–water partition coefficient (Wildman–Crippen LogP) is 1.89. The third-order valence-electron chi connectivity index (χ3n) is 4.07. The van der Waals surface area contributed by atoms with Gasteiger partial charge in [-0.2, -0.15) is 0 Å². The summed E-state index contributed by atoms with van der Waals surface area (Å²) in [7, 11) is 5.33. The lowest BCUT2D eigenvalue weighted by atomic mass is 9.86. The molecule has 0 aromatic carbocycles. The van der Waals surface area contributed by atoms with Crippen molar-refractivity contribution in [3.8, 4) is 0 Å². The number of likely N-dealkylation sites (N-methyl/N-ethyl adjacent to an activating group) is 1. The van der Waals surface area contributed by atoms with Crippen molar-refractivity contribution in [1.29, 1.82) is 0 Å². The highest BCUT2D eigenvalue weighted by atomic mass is 16.5. The van der Waals surface area contributed by atoms with Crippen molar-refractivity contribution in [2.45, 2.75) is 52.6 Å². The number of rotatable bonds is 6. The molecule has 0 heterocycles. The number of methoxy groups -OCH3 is 1. The molecule has 0 spiro atoms. The summed E-state index contributed by atoms with van der Waals surface area (Å²) in [5.41, 5.74) is -0.378. The van der Waals surface area contributed by atoms with E-state index in [2.05, 4.69) is 45.0 Å². The zero-order valence-electron chi connectivity index (χ0n) is 13.3. The number of ether oxygens (including phenoxy) is 1. The topological polar surface area (TPSA) is 41.6 Å². The van der Waals surface area contributed by atoms with Crippen molar-refractivity contribution >= 4 is 5.97 Å². The molecule has 0 amide bonds. The number of hydrogen-bond acceptors (Lipinski definition) is 4. The highest BCUT2D eigenvalue weighted by Crippen LogP contribution is 2.24. The average Bonchev–Trinajstić information content (AvgIpc) is 2.32. The molecule has 4 nitrogen and oxygen atoms in total. The Hall–Kier alpha value is -0.610. The second-order valence-corrected chi connectivity index (χ2v) is 6.35. The van der Waals surface area contributed by atoms with Crippen LogP contribution in [0.4, 0.5) is 0 Å². The number of carbonyl (C=O) groups excluding carboxylic acids is 1. The van der Waals surface area contributed by atoms with E-state index in [-0.39, 0.29) is 11.4 Å². The van der Waals surface area contributed by atoms with Crippen LogP contribution in [0.25, 0.3) is 0 Å². The van der Waals surface area contributed by atoms with E-state index >= 15 is 0 Å². The van der Waals surface area contributed by atoms with Gasteiger partial charge in [0.25, 0.3) is 0 Å². The monoisotopic (exact) mass is 258 g/mol. The Morgan fingerprint density at radius 3 is 2.17 bits per heavy atom. The normalized spacial score (nSPS) is 17.4. The first-order valence-corrected chi connectivity index (χ1v) is 6.56. The summed E-state index contributed by atoms with van der Waals surface area (Å²) < 4.78 is 4.85. The molecule has 0 aromatic heterocycles. The van der Waals surface area contributed by atoms with Crippen LogP contribution >= 0.6 is 0 Å². The zero-order valence-corrected chi connectivity index (χ0v) is 13.3. The molecule has 4 heteroatoms. The minimum atomic E-state index is -0.611. The fraction of sp³-hybridized carbons (Fsp3) is 0.929. The summed E-state index contributed by atoms with van der Waals surface area (Å²) >= 11 is 0. The summed E-state index contributed by atoms with van der Waals surface area (Å²) in [6.45, 7) is 11.6. The lowest BCUT2D eigenvalue weighted by Crippen LogP contribution is -2.51. The van der Waals surface area contributed by atoms with Gasteiger partial charge in [-0.3, -0.25) is 4.79 Å². The Balaban J connectivity index is 4.51. The molecular weight excluding hydrogens is 228 g/mol. The van der Waals surface area contributed by atoms with Gasteiger partial charge in [-0.05, 0) is 39.8 Å². The van der Waals surface area contributed by atoms with Crippen molar-refractivity contribution in [2.75, 3.05) is 27.7 Å². The van der Waals surface area contributed by atoms with E-state index in [0.29, 0.717) is 6.04 Å². The van der Waals surface area contributed by atoms with Crippen LogP contribution in [-0.2, 0) is 9.53 Å².